The van der Waals surface area contributed by atoms with Crippen molar-refractivity contribution in [3.63, 3.8) is 0 Å². The van der Waals surface area contributed by atoms with Crippen LogP contribution in [0, 0.1) is 0 Å². The highest BCUT2D eigenvalue weighted by molar-refractivity contribution is 5.96. The van der Waals surface area contributed by atoms with Crippen LogP contribution in [0.25, 0.3) is 22.2 Å². The summed E-state index contributed by atoms with van der Waals surface area (Å²) in [7, 11) is 0. The Balaban J connectivity index is 1.53. The number of pyridine rings is 1. The van der Waals surface area contributed by atoms with Crippen molar-refractivity contribution in [3.05, 3.63) is 41.6 Å². The van der Waals surface area contributed by atoms with Crippen molar-refractivity contribution in [1.82, 2.24) is 30.2 Å². The Morgan fingerprint density at radius 3 is 2.92 bits per heavy atom. The molecule has 0 unspecified atom stereocenters. The summed E-state index contributed by atoms with van der Waals surface area (Å²) in [5.41, 5.74) is 9.77. The molecule has 1 aromatic carbocycles. The van der Waals surface area contributed by atoms with Gasteiger partial charge in [-0.15, -0.1) is 0 Å². The molecule has 1 amide bonds. The molecule has 3 N–H and O–H groups in total. The Morgan fingerprint density at radius 1 is 1.24 bits per heavy atom. The van der Waals surface area contributed by atoms with Crippen molar-refractivity contribution in [1.29, 1.82) is 0 Å². The normalized spacial score (nSPS) is 11.2. The number of anilines is 1. The van der Waals surface area contributed by atoms with E-state index in [9.17, 15) is 4.79 Å². The van der Waals surface area contributed by atoms with Gasteiger partial charge in [0.05, 0.1) is 5.56 Å². The number of nitrogens with zero attached hydrogens (tertiary/aromatic N) is 5. The second-order valence-electron chi connectivity index (χ2n) is 5.55. The zero-order valence-corrected chi connectivity index (χ0v) is 13.4. The fourth-order valence-corrected chi connectivity index (χ4v) is 2.69. The van der Waals surface area contributed by atoms with Crippen LogP contribution in [0.15, 0.2) is 35.1 Å². The Bertz CT molecular complexity index is 1080. The number of benzene rings is 1. The number of aryl methyl sites for hydroxylation is 1. The maximum Gasteiger partial charge on any atom is 0.253 e. The third-order valence-electron chi connectivity index (χ3n) is 3.96. The smallest absolute Gasteiger partial charge is 0.253 e. The topological polar surface area (TPSA) is 125 Å². The molecule has 3 aromatic heterocycles. The van der Waals surface area contributed by atoms with Gasteiger partial charge in [-0.1, -0.05) is 6.07 Å². The number of nitrogens with two attached hydrogens (primary N) is 1. The number of nitrogens with one attached hydrogen (secondary N) is 1. The van der Waals surface area contributed by atoms with Gasteiger partial charge < -0.3 is 11.1 Å². The van der Waals surface area contributed by atoms with Crippen molar-refractivity contribution >= 4 is 34.1 Å². The lowest BCUT2D eigenvalue weighted by atomic mass is 10.2. The van der Waals surface area contributed by atoms with Gasteiger partial charge in [-0.05, 0) is 41.0 Å². The molecule has 126 valence electrons. The zero-order valence-electron chi connectivity index (χ0n) is 13.4. The minimum atomic E-state index is -0.239. The number of imidazole rings is 1. The van der Waals surface area contributed by atoms with Crippen LogP contribution in [0.4, 0.5) is 5.95 Å². The molecule has 9 heteroatoms. The Morgan fingerprint density at radius 2 is 2.08 bits per heavy atom. The molecule has 0 saturated heterocycles. The number of aromatic nitrogens is 5. The van der Waals surface area contributed by atoms with Gasteiger partial charge in [0.25, 0.3) is 5.91 Å². The van der Waals surface area contributed by atoms with E-state index in [0.29, 0.717) is 46.8 Å². The van der Waals surface area contributed by atoms with Crippen LogP contribution in [0.1, 0.15) is 22.8 Å². The van der Waals surface area contributed by atoms with E-state index in [2.05, 4.69) is 30.2 Å². The van der Waals surface area contributed by atoms with Crippen molar-refractivity contribution in [3.8, 4) is 0 Å². The van der Waals surface area contributed by atoms with E-state index in [4.69, 9.17) is 5.73 Å². The van der Waals surface area contributed by atoms with Crippen LogP contribution in [0.5, 0.6) is 0 Å². The van der Waals surface area contributed by atoms with Gasteiger partial charge in [0.1, 0.15) is 16.6 Å². The van der Waals surface area contributed by atoms with Gasteiger partial charge in [0, 0.05) is 19.3 Å². The molecular formula is C16H15N7O2. The number of fused-ring (bicyclic) bond motifs is 2. The second kappa shape index (κ2) is 5.86. The molecule has 0 aliphatic heterocycles. The molecule has 0 spiro atoms. The highest BCUT2D eigenvalue weighted by Gasteiger charge is 2.12. The molecule has 0 radical (unpaired) electrons. The molecular weight excluding hydrogens is 322 g/mol. The van der Waals surface area contributed by atoms with Crippen molar-refractivity contribution < 1.29 is 9.42 Å². The summed E-state index contributed by atoms with van der Waals surface area (Å²) >= 11 is 0. The van der Waals surface area contributed by atoms with Gasteiger partial charge >= 0.3 is 0 Å². The van der Waals surface area contributed by atoms with E-state index < -0.39 is 0 Å². The van der Waals surface area contributed by atoms with Gasteiger partial charge in [0.15, 0.2) is 5.65 Å². The number of hydrogen-bond acceptors (Lipinski definition) is 7. The molecule has 3 heterocycles. The maximum atomic E-state index is 12.4. The van der Waals surface area contributed by atoms with E-state index in [1.807, 2.05) is 19.1 Å². The molecule has 0 atom stereocenters. The SMILES string of the molecule is CCn1c(N)nc2cc(C(=O)NCc3ccc4nonc4c3)cnc21. The summed E-state index contributed by atoms with van der Waals surface area (Å²) in [5.74, 6) is 0.148. The summed E-state index contributed by atoms with van der Waals surface area (Å²) in [4.78, 5) is 20.9. The predicted octanol–water partition coefficient (Wildman–Crippen LogP) is 1.50. The Labute approximate surface area is 141 Å². The average molecular weight is 337 g/mol. The van der Waals surface area contributed by atoms with Crippen LogP contribution in [-0.2, 0) is 13.1 Å². The van der Waals surface area contributed by atoms with Crippen molar-refractivity contribution in [2.75, 3.05) is 5.73 Å². The lowest BCUT2D eigenvalue weighted by Gasteiger charge is -2.05. The first-order valence-corrected chi connectivity index (χ1v) is 7.77. The molecule has 0 saturated carbocycles. The van der Waals surface area contributed by atoms with Crippen LogP contribution >= 0.6 is 0 Å². The van der Waals surface area contributed by atoms with Crippen LogP contribution in [0.2, 0.25) is 0 Å². The predicted molar refractivity (Wildman–Crippen MR) is 90.6 cm³/mol. The summed E-state index contributed by atoms with van der Waals surface area (Å²) in [6.45, 7) is 2.98. The number of amides is 1. The van der Waals surface area contributed by atoms with Crippen LogP contribution < -0.4 is 11.1 Å². The molecule has 0 aliphatic carbocycles. The fourth-order valence-electron chi connectivity index (χ4n) is 2.69. The monoisotopic (exact) mass is 337 g/mol. The summed E-state index contributed by atoms with van der Waals surface area (Å²) in [5, 5.41) is 10.4. The maximum absolute atomic E-state index is 12.4. The third-order valence-corrected chi connectivity index (χ3v) is 3.96. The zero-order chi connectivity index (χ0) is 17.4. The minimum absolute atomic E-state index is 0.239. The third kappa shape index (κ3) is 2.65. The molecule has 4 rings (SSSR count). The van der Waals surface area contributed by atoms with Gasteiger partial charge in [-0.2, -0.15) is 0 Å². The number of nitrogen functional groups attached to an aromatic ring is 1. The summed E-state index contributed by atoms with van der Waals surface area (Å²) in [6, 6.07) is 7.15. The number of carbonyl (C=O) groups excluding carboxylic acids is 1. The van der Waals surface area contributed by atoms with Gasteiger partial charge in [-0.3, -0.25) is 9.36 Å². The highest BCUT2D eigenvalue weighted by atomic mass is 16.6. The lowest BCUT2D eigenvalue weighted by molar-refractivity contribution is 0.0950. The van der Waals surface area contributed by atoms with E-state index in [0.717, 1.165) is 5.56 Å². The molecule has 0 fully saturated rings. The van der Waals surface area contributed by atoms with Crippen molar-refractivity contribution in [2.45, 2.75) is 20.0 Å². The van der Waals surface area contributed by atoms with E-state index in [1.54, 1.807) is 16.7 Å². The van der Waals surface area contributed by atoms with Gasteiger partial charge in [-0.25, -0.2) is 14.6 Å². The summed E-state index contributed by atoms with van der Waals surface area (Å²) < 4.78 is 6.45. The van der Waals surface area contributed by atoms with E-state index in [-0.39, 0.29) is 5.91 Å². The quantitative estimate of drug-likeness (QED) is 0.578. The number of carbonyl (C=O) groups is 1. The number of hydrogen-bond donors (Lipinski definition) is 2. The van der Waals surface area contributed by atoms with E-state index >= 15 is 0 Å². The molecule has 0 bridgehead atoms. The molecule has 0 aliphatic rings. The van der Waals surface area contributed by atoms with E-state index in [1.165, 1.54) is 6.20 Å². The summed E-state index contributed by atoms with van der Waals surface area (Å²) in [6.07, 6.45) is 1.52. The standard InChI is InChI=1S/C16H15N7O2/c1-2-23-14-13(20-16(23)17)6-10(8-18-14)15(24)19-7-9-3-4-11-12(5-9)22-25-21-11/h3-6,8H,2,7H2,1H3,(H2,17,20)(H,19,24). The Hall–Kier alpha value is -3.49. The first-order chi connectivity index (χ1) is 12.2. The highest BCUT2D eigenvalue weighted by Crippen LogP contribution is 2.17. The van der Waals surface area contributed by atoms with Crippen molar-refractivity contribution in [2.24, 2.45) is 0 Å². The Kier molecular flexibility index (Phi) is 3.53. The fraction of sp³-hybridized carbons (Fsp3) is 0.188. The molecule has 9 nitrogen and oxygen atoms in total. The first kappa shape index (κ1) is 15.1. The van der Waals surface area contributed by atoms with Crippen LogP contribution in [0.3, 0.4) is 0 Å². The second-order valence-corrected chi connectivity index (χ2v) is 5.55. The average Bonchev–Trinajstić information content (AvgIpc) is 3.21. The lowest BCUT2D eigenvalue weighted by Crippen LogP contribution is -2.22. The largest absolute Gasteiger partial charge is 0.369 e. The molecule has 4 aromatic rings. The van der Waals surface area contributed by atoms with Gasteiger partial charge in [0.2, 0.25) is 5.95 Å². The van der Waals surface area contributed by atoms with Crippen LogP contribution in [-0.4, -0.2) is 30.8 Å². The molecule has 25 heavy (non-hydrogen) atoms. The minimum Gasteiger partial charge on any atom is -0.369 e. The first-order valence-electron chi connectivity index (χ1n) is 7.77. The number of rotatable bonds is 4.